The molecule has 0 aromatic heterocycles. The second-order valence-electron chi connectivity index (χ2n) is 3.25. The van der Waals surface area contributed by atoms with Crippen molar-refractivity contribution in [2.24, 2.45) is 5.73 Å². The number of hydrogen-bond donors (Lipinski definition) is 2. The van der Waals surface area contributed by atoms with Crippen LogP contribution >= 0.6 is 0 Å². The van der Waals surface area contributed by atoms with Crippen molar-refractivity contribution in [1.82, 2.24) is 4.72 Å². The van der Waals surface area contributed by atoms with Crippen LogP contribution in [-0.4, -0.2) is 34.1 Å². The van der Waals surface area contributed by atoms with Crippen LogP contribution in [0.15, 0.2) is 35.2 Å². The summed E-state index contributed by atoms with van der Waals surface area (Å²) >= 11 is 0. The monoisotopic (exact) mass is 258 g/mol. The Balaban J connectivity index is 2.90. The first-order valence-corrected chi connectivity index (χ1v) is 6.35. The molecule has 1 atom stereocenters. The molecule has 0 unspecified atom stereocenters. The van der Waals surface area contributed by atoms with Gasteiger partial charge in [-0.3, -0.25) is 4.79 Å². The summed E-state index contributed by atoms with van der Waals surface area (Å²) in [7, 11) is -2.59. The maximum absolute atomic E-state index is 11.8. The average molecular weight is 258 g/mol. The number of hydrogen-bond acceptors (Lipinski definition) is 5. The Kier molecular flexibility index (Phi) is 4.62. The van der Waals surface area contributed by atoms with Crippen LogP contribution < -0.4 is 10.5 Å². The van der Waals surface area contributed by atoms with Gasteiger partial charge in [-0.05, 0) is 12.1 Å². The van der Waals surface area contributed by atoms with Crippen LogP contribution in [0.25, 0.3) is 0 Å². The third kappa shape index (κ3) is 3.52. The summed E-state index contributed by atoms with van der Waals surface area (Å²) in [6.07, 6.45) is 0. The Morgan fingerprint density at radius 3 is 2.47 bits per heavy atom. The molecule has 1 aromatic rings. The highest BCUT2D eigenvalue weighted by molar-refractivity contribution is 7.89. The third-order valence-electron chi connectivity index (χ3n) is 2.07. The number of esters is 1. The summed E-state index contributed by atoms with van der Waals surface area (Å²) in [5.41, 5.74) is 5.31. The molecular weight excluding hydrogens is 244 g/mol. The smallest absolute Gasteiger partial charge is 0.325 e. The van der Waals surface area contributed by atoms with E-state index < -0.39 is 22.0 Å². The van der Waals surface area contributed by atoms with Gasteiger partial charge in [0.1, 0.15) is 6.04 Å². The molecule has 0 amide bonds. The van der Waals surface area contributed by atoms with Gasteiger partial charge in [-0.1, -0.05) is 18.2 Å². The highest BCUT2D eigenvalue weighted by Gasteiger charge is 2.24. The molecule has 0 spiro atoms. The van der Waals surface area contributed by atoms with Crippen LogP contribution in [0.1, 0.15) is 0 Å². The summed E-state index contributed by atoms with van der Waals surface area (Å²) in [5, 5.41) is 0. The molecular formula is C10H14N2O4S. The van der Waals surface area contributed by atoms with Crippen LogP contribution in [0.4, 0.5) is 0 Å². The highest BCUT2D eigenvalue weighted by Crippen LogP contribution is 2.08. The largest absolute Gasteiger partial charge is 0.468 e. The predicted octanol–water partition coefficient (Wildman–Crippen LogP) is -0.535. The zero-order valence-corrected chi connectivity index (χ0v) is 10.1. The van der Waals surface area contributed by atoms with Crippen molar-refractivity contribution in [3.63, 3.8) is 0 Å². The molecule has 0 heterocycles. The van der Waals surface area contributed by atoms with Crippen LogP contribution in [0.5, 0.6) is 0 Å². The molecule has 0 saturated heterocycles. The summed E-state index contributed by atoms with van der Waals surface area (Å²) in [5.74, 6) is -0.716. The Bertz CT molecular complexity index is 472. The molecule has 3 N–H and O–H groups in total. The summed E-state index contributed by atoms with van der Waals surface area (Å²) in [4.78, 5) is 11.3. The maximum atomic E-state index is 11.8. The SMILES string of the molecule is COC(=O)[C@@H](CN)NS(=O)(=O)c1ccccc1. The third-order valence-corrected chi connectivity index (χ3v) is 3.56. The lowest BCUT2D eigenvalue weighted by atomic mass is 10.3. The second kappa shape index (κ2) is 5.76. The van der Waals surface area contributed by atoms with Crippen molar-refractivity contribution < 1.29 is 17.9 Å². The van der Waals surface area contributed by atoms with Gasteiger partial charge < -0.3 is 10.5 Å². The van der Waals surface area contributed by atoms with Crippen molar-refractivity contribution >= 4 is 16.0 Å². The van der Waals surface area contributed by atoms with E-state index in [4.69, 9.17) is 5.73 Å². The van der Waals surface area contributed by atoms with E-state index >= 15 is 0 Å². The molecule has 1 rings (SSSR count). The van der Waals surface area contributed by atoms with Gasteiger partial charge in [0.2, 0.25) is 10.0 Å². The fourth-order valence-electron chi connectivity index (χ4n) is 1.19. The fraction of sp³-hybridized carbons (Fsp3) is 0.300. The van der Waals surface area contributed by atoms with Gasteiger partial charge in [0.05, 0.1) is 12.0 Å². The van der Waals surface area contributed by atoms with Gasteiger partial charge >= 0.3 is 5.97 Å². The molecule has 1 aromatic carbocycles. The zero-order valence-electron chi connectivity index (χ0n) is 9.29. The highest BCUT2D eigenvalue weighted by atomic mass is 32.2. The first kappa shape index (κ1) is 13.6. The van der Waals surface area contributed by atoms with Crippen molar-refractivity contribution in [2.45, 2.75) is 10.9 Å². The van der Waals surface area contributed by atoms with Gasteiger partial charge in [0.15, 0.2) is 0 Å². The maximum Gasteiger partial charge on any atom is 0.325 e. The van der Waals surface area contributed by atoms with Gasteiger partial charge in [-0.15, -0.1) is 0 Å². The Morgan fingerprint density at radius 2 is 2.00 bits per heavy atom. The Labute approximate surface area is 99.8 Å². The average Bonchev–Trinajstić information content (AvgIpc) is 2.36. The van der Waals surface area contributed by atoms with E-state index in [0.717, 1.165) is 0 Å². The van der Waals surface area contributed by atoms with Gasteiger partial charge in [-0.25, -0.2) is 8.42 Å². The number of carbonyl (C=O) groups is 1. The minimum atomic E-state index is -3.76. The number of ether oxygens (including phenoxy) is 1. The van der Waals surface area contributed by atoms with Crippen LogP contribution in [0.3, 0.4) is 0 Å². The van der Waals surface area contributed by atoms with Crippen molar-refractivity contribution in [2.75, 3.05) is 13.7 Å². The van der Waals surface area contributed by atoms with Crippen LogP contribution in [-0.2, 0) is 19.6 Å². The second-order valence-corrected chi connectivity index (χ2v) is 4.96. The predicted molar refractivity (Wildman–Crippen MR) is 61.6 cm³/mol. The first-order valence-electron chi connectivity index (χ1n) is 4.86. The summed E-state index contributed by atoms with van der Waals surface area (Å²) in [6, 6.07) is 6.64. The Hall–Kier alpha value is -1.44. The van der Waals surface area contributed by atoms with Crippen molar-refractivity contribution in [1.29, 1.82) is 0 Å². The molecule has 0 aliphatic heterocycles. The molecule has 6 nitrogen and oxygen atoms in total. The molecule has 7 heteroatoms. The van der Waals surface area contributed by atoms with Crippen LogP contribution in [0, 0.1) is 0 Å². The molecule has 0 fully saturated rings. The standard InChI is InChI=1S/C10H14N2O4S/c1-16-10(13)9(7-11)12-17(14,15)8-5-3-2-4-6-8/h2-6,9,12H,7,11H2,1H3/t9-/m1/s1. The van der Waals surface area contributed by atoms with Gasteiger partial charge in [0.25, 0.3) is 0 Å². The van der Waals surface area contributed by atoms with E-state index in [1.54, 1.807) is 18.2 Å². The van der Waals surface area contributed by atoms with E-state index in [1.165, 1.54) is 19.2 Å². The molecule has 0 radical (unpaired) electrons. The van der Waals surface area contributed by atoms with E-state index in [2.05, 4.69) is 9.46 Å². The summed E-state index contributed by atoms with van der Waals surface area (Å²) < 4.78 is 30.3. The van der Waals surface area contributed by atoms with E-state index in [9.17, 15) is 13.2 Å². The lowest BCUT2D eigenvalue weighted by Crippen LogP contribution is -2.46. The van der Waals surface area contributed by atoms with Crippen LogP contribution in [0.2, 0.25) is 0 Å². The minimum absolute atomic E-state index is 0.0716. The Morgan fingerprint density at radius 1 is 1.41 bits per heavy atom. The minimum Gasteiger partial charge on any atom is -0.468 e. The van der Waals surface area contributed by atoms with Crippen molar-refractivity contribution in [3.8, 4) is 0 Å². The number of sulfonamides is 1. The van der Waals surface area contributed by atoms with E-state index in [-0.39, 0.29) is 11.4 Å². The van der Waals surface area contributed by atoms with E-state index in [1.807, 2.05) is 0 Å². The number of rotatable bonds is 5. The number of carbonyl (C=O) groups excluding carboxylic acids is 1. The molecule has 0 saturated carbocycles. The number of nitrogens with one attached hydrogen (secondary N) is 1. The lowest BCUT2D eigenvalue weighted by Gasteiger charge is -2.14. The fourth-order valence-corrected chi connectivity index (χ4v) is 2.41. The lowest BCUT2D eigenvalue weighted by molar-refractivity contribution is -0.142. The molecule has 0 aliphatic rings. The van der Waals surface area contributed by atoms with Crippen molar-refractivity contribution in [3.05, 3.63) is 30.3 Å². The quantitative estimate of drug-likeness (QED) is 0.691. The number of methoxy groups -OCH3 is 1. The molecule has 0 bridgehead atoms. The summed E-state index contributed by atoms with van der Waals surface area (Å²) in [6.45, 7) is -0.168. The zero-order chi connectivity index (χ0) is 12.9. The van der Waals surface area contributed by atoms with Gasteiger partial charge in [-0.2, -0.15) is 4.72 Å². The molecule has 0 aliphatic carbocycles. The number of nitrogens with two attached hydrogens (primary N) is 1. The van der Waals surface area contributed by atoms with E-state index in [0.29, 0.717) is 0 Å². The topological polar surface area (TPSA) is 98.5 Å². The molecule has 94 valence electrons. The number of benzene rings is 1. The molecule has 17 heavy (non-hydrogen) atoms. The van der Waals surface area contributed by atoms with Gasteiger partial charge in [0, 0.05) is 6.54 Å². The first-order chi connectivity index (χ1) is 8.01. The normalized spacial score (nSPS) is 13.1.